The molecule has 100 valence electrons. The summed E-state index contributed by atoms with van der Waals surface area (Å²) in [5.74, 6) is -2.72. The third-order valence-electron chi connectivity index (χ3n) is 2.36. The number of carboxylic acid groups (broad SMARTS) is 1. The van der Waals surface area contributed by atoms with Gasteiger partial charge in [-0.15, -0.1) is 0 Å². The maximum atomic E-state index is 13.3. The van der Waals surface area contributed by atoms with Gasteiger partial charge in [-0.25, -0.2) is 14.2 Å². The van der Waals surface area contributed by atoms with Crippen LogP contribution in [0.3, 0.4) is 0 Å². The molecule has 0 spiro atoms. The average molecular weight is 274 g/mol. The highest BCUT2D eigenvalue weighted by molar-refractivity contribution is 5.85. The molecular formula is C11H6F4N2O2. The maximum absolute atomic E-state index is 13.3. The Morgan fingerprint density at radius 2 is 2.00 bits per heavy atom. The van der Waals surface area contributed by atoms with Crippen LogP contribution in [0.2, 0.25) is 0 Å². The number of hydrogen-bond acceptors (Lipinski definition) is 2. The Balaban J connectivity index is 2.41. The van der Waals surface area contributed by atoms with Gasteiger partial charge in [0.25, 0.3) is 0 Å². The molecule has 0 unspecified atom stereocenters. The number of hydrogen-bond donors (Lipinski definition) is 1. The van der Waals surface area contributed by atoms with Crippen molar-refractivity contribution < 1.29 is 27.5 Å². The first-order valence-corrected chi connectivity index (χ1v) is 4.93. The molecule has 0 atom stereocenters. The van der Waals surface area contributed by atoms with Crippen molar-refractivity contribution in [3.8, 4) is 5.69 Å². The average Bonchev–Trinajstić information content (AvgIpc) is 2.76. The van der Waals surface area contributed by atoms with E-state index in [1.54, 1.807) is 0 Å². The SMILES string of the molecule is O=C(O)c1cn(-c2ccc(C(F)(F)F)c(F)c2)cn1. The van der Waals surface area contributed by atoms with Crippen molar-refractivity contribution in [1.29, 1.82) is 0 Å². The lowest BCUT2D eigenvalue weighted by Gasteiger charge is -2.09. The number of halogens is 4. The van der Waals surface area contributed by atoms with Gasteiger partial charge in [0.05, 0.1) is 5.56 Å². The first kappa shape index (κ1) is 13.1. The second-order valence-electron chi connectivity index (χ2n) is 3.63. The Bertz CT molecular complexity index is 634. The van der Waals surface area contributed by atoms with Gasteiger partial charge in [0.1, 0.15) is 12.1 Å². The van der Waals surface area contributed by atoms with Crippen LogP contribution in [0.1, 0.15) is 16.1 Å². The number of aromatic nitrogens is 2. The molecule has 0 saturated heterocycles. The molecule has 0 saturated carbocycles. The molecule has 1 heterocycles. The van der Waals surface area contributed by atoms with Crippen LogP contribution >= 0.6 is 0 Å². The molecule has 0 aliphatic heterocycles. The van der Waals surface area contributed by atoms with Crippen LogP contribution in [0, 0.1) is 5.82 Å². The van der Waals surface area contributed by atoms with Crippen molar-refractivity contribution in [3.05, 3.63) is 47.8 Å². The zero-order chi connectivity index (χ0) is 14.2. The van der Waals surface area contributed by atoms with E-state index in [0.717, 1.165) is 23.2 Å². The van der Waals surface area contributed by atoms with E-state index < -0.39 is 23.5 Å². The Labute approximate surface area is 103 Å². The quantitative estimate of drug-likeness (QED) is 0.857. The smallest absolute Gasteiger partial charge is 0.419 e. The highest BCUT2D eigenvalue weighted by atomic mass is 19.4. The first-order chi connectivity index (χ1) is 8.79. The monoisotopic (exact) mass is 274 g/mol. The number of aromatic carboxylic acids is 1. The zero-order valence-corrected chi connectivity index (χ0v) is 9.15. The Morgan fingerprint density at radius 1 is 1.32 bits per heavy atom. The lowest BCUT2D eigenvalue weighted by atomic mass is 10.2. The van der Waals surface area contributed by atoms with Crippen molar-refractivity contribution in [2.75, 3.05) is 0 Å². The van der Waals surface area contributed by atoms with Crippen molar-refractivity contribution in [2.45, 2.75) is 6.18 Å². The minimum atomic E-state index is -4.77. The number of benzene rings is 1. The molecule has 2 rings (SSSR count). The fraction of sp³-hybridized carbons (Fsp3) is 0.0909. The molecule has 1 aromatic carbocycles. The second-order valence-corrected chi connectivity index (χ2v) is 3.63. The summed E-state index contributed by atoms with van der Waals surface area (Å²) in [5, 5.41) is 8.65. The van der Waals surface area contributed by atoms with Gasteiger partial charge >= 0.3 is 12.1 Å². The molecule has 0 aliphatic carbocycles. The topological polar surface area (TPSA) is 55.1 Å². The standard InChI is InChI=1S/C11H6F4N2O2/c12-8-3-6(1-2-7(8)11(13,14)15)17-4-9(10(18)19)16-5-17/h1-5H,(H,18,19). The van der Waals surface area contributed by atoms with Crippen LogP contribution in [0.5, 0.6) is 0 Å². The third kappa shape index (κ3) is 2.56. The molecule has 4 nitrogen and oxygen atoms in total. The van der Waals surface area contributed by atoms with Crippen LogP contribution < -0.4 is 0 Å². The van der Waals surface area contributed by atoms with E-state index in [0.29, 0.717) is 12.1 Å². The van der Waals surface area contributed by atoms with Crippen molar-refractivity contribution in [3.63, 3.8) is 0 Å². The number of imidazole rings is 1. The minimum Gasteiger partial charge on any atom is -0.476 e. The van der Waals surface area contributed by atoms with Crippen LogP contribution in [-0.4, -0.2) is 20.6 Å². The molecule has 0 bridgehead atoms. The second kappa shape index (κ2) is 4.38. The zero-order valence-electron chi connectivity index (χ0n) is 9.15. The Hall–Kier alpha value is -2.38. The highest BCUT2D eigenvalue weighted by Crippen LogP contribution is 2.32. The van der Waals surface area contributed by atoms with Gasteiger partial charge in [-0.3, -0.25) is 0 Å². The number of carboxylic acids is 1. The highest BCUT2D eigenvalue weighted by Gasteiger charge is 2.34. The van der Waals surface area contributed by atoms with Crippen LogP contribution in [-0.2, 0) is 6.18 Å². The molecule has 8 heteroatoms. The number of carbonyl (C=O) groups is 1. The van der Waals surface area contributed by atoms with E-state index >= 15 is 0 Å². The van der Waals surface area contributed by atoms with Crippen molar-refractivity contribution >= 4 is 5.97 Å². The fourth-order valence-corrected chi connectivity index (χ4v) is 1.47. The molecule has 1 N–H and O–H groups in total. The molecule has 0 amide bonds. The van der Waals surface area contributed by atoms with Gasteiger partial charge in [0.15, 0.2) is 5.69 Å². The van der Waals surface area contributed by atoms with E-state index in [4.69, 9.17) is 5.11 Å². The normalized spacial score (nSPS) is 11.6. The van der Waals surface area contributed by atoms with Gasteiger partial charge in [-0.2, -0.15) is 13.2 Å². The van der Waals surface area contributed by atoms with E-state index in [9.17, 15) is 22.4 Å². The summed E-state index contributed by atoms with van der Waals surface area (Å²) in [7, 11) is 0. The lowest BCUT2D eigenvalue weighted by molar-refractivity contribution is -0.139. The van der Waals surface area contributed by atoms with Gasteiger partial charge in [0.2, 0.25) is 0 Å². The molecule has 1 aromatic heterocycles. The summed E-state index contributed by atoms with van der Waals surface area (Å²) in [6.07, 6.45) is -2.63. The van der Waals surface area contributed by atoms with Crippen molar-refractivity contribution in [2.24, 2.45) is 0 Å². The van der Waals surface area contributed by atoms with Gasteiger partial charge in [0, 0.05) is 11.9 Å². The third-order valence-corrected chi connectivity index (χ3v) is 2.36. The molecule has 2 aromatic rings. The largest absolute Gasteiger partial charge is 0.476 e. The molecular weight excluding hydrogens is 268 g/mol. The Morgan fingerprint density at radius 3 is 2.47 bits per heavy atom. The van der Waals surface area contributed by atoms with E-state index in [-0.39, 0.29) is 11.4 Å². The molecule has 19 heavy (non-hydrogen) atoms. The molecule has 0 aliphatic rings. The molecule has 0 radical (unpaired) electrons. The number of nitrogens with zero attached hydrogens (tertiary/aromatic N) is 2. The number of rotatable bonds is 2. The fourth-order valence-electron chi connectivity index (χ4n) is 1.47. The van der Waals surface area contributed by atoms with Gasteiger partial charge in [-0.1, -0.05) is 0 Å². The van der Waals surface area contributed by atoms with Crippen LogP contribution in [0.25, 0.3) is 5.69 Å². The summed E-state index contributed by atoms with van der Waals surface area (Å²) < 4.78 is 51.5. The predicted octanol–water partition coefficient (Wildman–Crippen LogP) is 2.73. The van der Waals surface area contributed by atoms with Gasteiger partial charge < -0.3 is 9.67 Å². The van der Waals surface area contributed by atoms with Gasteiger partial charge in [-0.05, 0) is 18.2 Å². The van der Waals surface area contributed by atoms with Crippen molar-refractivity contribution in [1.82, 2.24) is 9.55 Å². The Kier molecular flexibility index (Phi) is 3.01. The summed E-state index contributed by atoms with van der Waals surface area (Å²) in [6, 6.07) is 2.28. The van der Waals surface area contributed by atoms with Crippen LogP contribution in [0.4, 0.5) is 17.6 Å². The first-order valence-electron chi connectivity index (χ1n) is 4.93. The van der Waals surface area contributed by atoms with Crippen LogP contribution in [0.15, 0.2) is 30.7 Å². The maximum Gasteiger partial charge on any atom is 0.419 e. The summed E-state index contributed by atoms with van der Waals surface area (Å²) in [4.78, 5) is 14.1. The van der Waals surface area contributed by atoms with E-state index in [1.807, 2.05) is 0 Å². The van der Waals surface area contributed by atoms with E-state index in [2.05, 4.69) is 4.98 Å². The number of alkyl halides is 3. The molecule has 0 fully saturated rings. The summed E-state index contributed by atoms with van der Waals surface area (Å²) >= 11 is 0. The minimum absolute atomic E-state index is 0.0468. The van der Waals surface area contributed by atoms with E-state index in [1.165, 1.54) is 0 Å². The summed E-state index contributed by atoms with van der Waals surface area (Å²) in [6.45, 7) is 0. The predicted molar refractivity (Wildman–Crippen MR) is 55.5 cm³/mol. The summed E-state index contributed by atoms with van der Waals surface area (Å²) in [5.41, 5.74) is -1.62. The lowest BCUT2D eigenvalue weighted by Crippen LogP contribution is -2.08.